The van der Waals surface area contributed by atoms with Crippen LogP contribution in [-0.4, -0.2) is 24.8 Å². The Hall–Kier alpha value is -1.94. The van der Waals surface area contributed by atoms with Crippen molar-refractivity contribution in [2.24, 2.45) is 5.92 Å². The highest BCUT2D eigenvalue weighted by atomic mass is 32.2. The van der Waals surface area contributed by atoms with E-state index in [1.807, 2.05) is 0 Å². The molecule has 0 aliphatic heterocycles. The van der Waals surface area contributed by atoms with Crippen molar-refractivity contribution in [3.8, 4) is 0 Å². The summed E-state index contributed by atoms with van der Waals surface area (Å²) in [4.78, 5) is 16.0. The topological polar surface area (TPSA) is 76.1 Å². The van der Waals surface area contributed by atoms with Crippen LogP contribution in [0.4, 0.5) is 18.3 Å². The molecule has 0 spiro atoms. The summed E-state index contributed by atoms with van der Waals surface area (Å²) < 4.78 is 62.3. The Labute approximate surface area is 172 Å². The predicted molar refractivity (Wildman–Crippen MR) is 106 cm³/mol. The minimum Gasteiger partial charge on any atom is -0.301 e. The van der Waals surface area contributed by atoms with Crippen LogP contribution in [-0.2, 0) is 14.6 Å². The second-order valence-electron chi connectivity index (χ2n) is 6.79. The number of rotatable bonds is 6. The molecular formula is C19H23F3N2O3S2. The Kier molecular flexibility index (Phi) is 7.45. The molecule has 0 saturated heterocycles. The van der Waals surface area contributed by atoms with E-state index in [0.29, 0.717) is 11.6 Å². The number of carbonyl (C=O) groups is 1. The summed E-state index contributed by atoms with van der Waals surface area (Å²) in [7, 11) is -5.48. The number of anilines is 1. The van der Waals surface area contributed by atoms with E-state index in [2.05, 4.69) is 10.3 Å². The fourth-order valence-corrected chi connectivity index (χ4v) is 4.83. The van der Waals surface area contributed by atoms with E-state index in [1.165, 1.54) is 29.7 Å². The SMILES string of the molecule is C.O=C(Nc1nccs1)C(CC1CCCC1)c1cccc(S(=O)(=O)C(F)(F)F)c1. The molecule has 0 radical (unpaired) electrons. The molecule has 1 amide bonds. The third-order valence-corrected chi connectivity index (χ3v) is 7.07. The van der Waals surface area contributed by atoms with Gasteiger partial charge in [0, 0.05) is 11.6 Å². The number of amides is 1. The maximum Gasteiger partial charge on any atom is 0.501 e. The molecule has 10 heteroatoms. The smallest absolute Gasteiger partial charge is 0.301 e. The third kappa shape index (κ3) is 5.36. The number of aromatic nitrogens is 1. The predicted octanol–water partition coefficient (Wildman–Crippen LogP) is 5.38. The molecule has 1 aliphatic carbocycles. The van der Waals surface area contributed by atoms with Crippen LogP contribution in [0.3, 0.4) is 0 Å². The fourth-order valence-electron chi connectivity index (χ4n) is 3.48. The molecule has 29 heavy (non-hydrogen) atoms. The van der Waals surface area contributed by atoms with Crippen molar-refractivity contribution in [1.82, 2.24) is 4.98 Å². The molecule has 0 bridgehead atoms. The number of nitrogens with zero attached hydrogens (tertiary/aromatic N) is 1. The first-order valence-electron chi connectivity index (χ1n) is 8.80. The summed E-state index contributed by atoms with van der Waals surface area (Å²) in [6.45, 7) is 0. The van der Waals surface area contributed by atoms with Crippen LogP contribution in [0.1, 0.15) is 51.0 Å². The average Bonchev–Trinajstić information content (AvgIpc) is 3.32. The lowest BCUT2D eigenvalue weighted by molar-refractivity contribution is -0.118. The highest BCUT2D eigenvalue weighted by Gasteiger charge is 2.47. The zero-order chi connectivity index (χ0) is 20.4. The van der Waals surface area contributed by atoms with Gasteiger partial charge in [-0.3, -0.25) is 4.79 Å². The van der Waals surface area contributed by atoms with Gasteiger partial charge in [-0.05, 0) is 30.0 Å². The van der Waals surface area contributed by atoms with Gasteiger partial charge in [0.15, 0.2) is 5.13 Å². The second kappa shape index (κ2) is 9.25. The van der Waals surface area contributed by atoms with Crippen LogP contribution in [0.2, 0.25) is 0 Å². The average molecular weight is 449 g/mol. The van der Waals surface area contributed by atoms with Gasteiger partial charge >= 0.3 is 5.51 Å². The van der Waals surface area contributed by atoms with Gasteiger partial charge in [-0.25, -0.2) is 13.4 Å². The second-order valence-corrected chi connectivity index (χ2v) is 9.62. The maximum absolute atomic E-state index is 12.9. The Morgan fingerprint density at radius 3 is 2.55 bits per heavy atom. The summed E-state index contributed by atoms with van der Waals surface area (Å²) in [6, 6.07) is 4.60. The van der Waals surface area contributed by atoms with Gasteiger partial charge in [0.2, 0.25) is 5.91 Å². The van der Waals surface area contributed by atoms with Gasteiger partial charge in [0.05, 0.1) is 10.8 Å². The van der Waals surface area contributed by atoms with Gasteiger partial charge in [0.1, 0.15) is 0 Å². The molecule has 1 aromatic heterocycles. The molecule has 3 rings (SSSR count). The Morgan fingerprint density at radius 1 is 1.28 bits per heavy atom. The first-order chi connectivity index (χ1) is 13.2. The number of benzene rings is 1. The number of nitrogens with one attached hydrogen (secondary N) is 1. The Bertz CT molecular complexity index is 922. The molecule has 5 nitrogen and oxygen atoms in total. The normalized spacial score (nSPS) is 16.2. The number of carbonyl (C=O) groups excluding carboxylic acids is 1. The molecule has 1 saturated carbocycles. The quantitative estimate of drug-likeness (QED) is 0.644. The van der Waals surface area contributed by atoms with Crippen molar-refractivity contribution < 1.29 is 26.4 Å². The summed E-state index contributed by atoms with van der Waals surface area (Å²) in [5.41, 5.74) is -5.14. The monoisotopic (exact) mass is 448 g/mol. The molecule has 1 atom stereocenters. The third-order valence-electron chi connectivity index (χ3n) is 4.90. The van der Waals surface area contributed by atoms with Gasteiger partial charge in [0.25, 0.3) is 9.84 Å². The summed E-state index contributed by atoms with van der Waals surface area (Å²) in [5.74, 6) is -0.881. The first-order valence-corrected chi connectivity index (χ1v) is 11.2. The van der Waals surface area contributed by atoms with E-state index in [4.69, 9.17) is 0 Å². The van der Waals surface area contributed by atoms with Crippen LogP contribution in [0.25, 0.3) is 0 Å². The molecule has 2 aromatic rings. The highest BCUT2D eigenvalue weighted by molar-refractivity contribution is 7.92. The molecule has 1 aromatic carbocycles. The van der Waals surface area contributed by atoms with Crippen molar-refractivity contribution in [3.63, 3.8) is 0 Å². The van der Waals surface area contributed by atoms with Crippen LogP contribution >= 0.6 is 11.3 Å². The van der Waals surface area contributed by atoms with E-state index >= 15 is 0 Å². The van der Waals surface area contributed by atoms with E-state index in [1.54, 1.807) is 5.38 Å². The molecule has 160 valence electrons. The van der Waals surface area contributed by atoms with E-state index in [-0.39, 0.29) is 18.9 Å². The molecular weight excluding hydrogens is 425 g/mol. The molecule has 1 fully saturated rings. The number of halogens is 3. The number of hydrogen-bond acceptors (Lipinski definition) is 5. The molecule has 1 N–H and O–H groups in total. The summed E-state index contributed by atoms with van der Waals surface area (Å²) in [5, 5.41) is 4.76. The fraction of sp³-hybridized carbons (Fsp3) is 0.474. The van der Waals surface area contributed by atoms with Crippen LogP contribution in [0.5, 0.6) is 0 Å². The minimum absolute atomic E-state index is 0. The number of hydrogen-bond donors (Lipinski definition) is 1. The lowest BCUT2D eigenvalue weighted by Crippen LogP contribution is -2.25. The molecule has 1 unspecified atom stereocenters. The summed E-state index contributed by atoms with van der Waals surface area (Å²) in [6.07, 6.45) is 5.97. The van der Waals surface area contributed by atoms with Crippen molar-refractivity contribution in [2.45, 2.75) is 55.9 Å². The van der Waals surface area contributed by atoms with E-state index in [0.717, 1.165) is 37.8 Å². The Balaban J connectivity index is 0.00000300. The van der Waals surface area contributed by atoms with Gasteiger partial charge in [-0.2, -0.15) is 13.2 Å². The molecule has 1 aliphatic rings. The van der Waals surface area contributed by atoms with Gasteiger partial charge in [-0.15, -0.1) is 11.3 Å². The largest absolute Gasteiger partial charge is 0.501 e. The minimum atomic E-state index is -5.48. The lowest BCUT2D eigenvalue weighted by atomic mass is 9.87. The van der Waals surface area contributed by atoms with Crippen LogP contribution in [0.15, 0.2) is 40.7 Å². The van der Waals surface area contributed by atoms with E-state index < -0.39 is 32.1 Å². The van der Waals surface area contributed by atoms with Crippen molar-refractivity contribution in [2.75, 3.05) is 5.32 Å². The van der Waals surface area contributed by atoms with Crippen LogP contribution < -0.4 is 5.32 Å². The summed E-state index contributed by atoms with van der Waals surface area (Å²) >= 11 is 1.23. The Morgan fingerprint density at radius 2 is 1.97 bits per heavy atom. The number of sulfone groups is 1. The van der Waals surface area contributed by atoms with Gasteiger partial charge < -0.3 is 5.32 Å². The van der Waals surface area contributed by atoms with E-state index in [9.17, 15) is 26.4 Å². The van der Waals surface area contributed by atoms with Crippen molar-refractivity contribution in [3.05, 3.63) is 41.4 Å². The zero-order valence-corrected chi connectivity index (χ0v) is 16.4. The molecule has 1 heterocycles. The first kappa shape index (κ1) is 23.3. The standard InChI is InChI=1S/C18H19F3N2O3S2.CH4/c19-18(20,21)28(25,26)14-7-3-6-13(11-14)15(10-12-4-1-2-5-12)16(24)23-17-22-8-9-27-17;/h3,6-9,11-12,15H,1-2,4-5,10H2,(H,22,23,24);1H4. The van der Waals surface area contributed by atoms with Crippen LogP contribution in [0, 0.1) is 5.92 Å². The van der Waals surface area contributed by atoms with Crippen molar-refractivity contribution >= 4 is 32.2 Å². The lowest BCUT2D eigenvalue weighted by Gasteiger charge is -2.21. The highest BCUT2D eigenvalue weighted by Crippen LogP contribution is 2.37. The number of alkyl halides is 3. The number of thiazole rings is 1. The van der Waals surface area contributed by atoms with Crippen molar-refractivity contribution in [1.29, 1.82) is 0 Å². The van der Waals surface area contributed by atoms with Gasteiger partial charge in [-0.1, -0.05) is 45.2 Å². The maximum atomic E-state index is 12.9. The zero-order valence-electron chi connectivity index (χ0n) is 14.8.